The van der Waals surface area contributed by atoms with Crippen molar-refractivity contribution in [2.45, 2.75) is 12.8 Å². The first kappa shape index (κ1) is 11.5. The number of aliphatic hydroxyl groups is 1. The van der Waals surface area contributed by atoms with Gasteiger partial charge in [0.25, 0.3) is 0 Å². The number of likely N-dealkylation sites (tertiary alicyclic amines) is 1. The average Bonchev–Trinajstić information content (AvgIpc) is 2.05. The third-order valence-corrected chi connectivity index (χ3v) is 2.00. The van der Waals surface area contributed by atoms with E-state index >= 15 is 0 Å². The fourth-order valence-electron chi connectivity index (χ4n) is 1.21. The van der Waals surface area contributed by atoms with E-state index in [-0.39, 0.29) is 39.3 Å². The smallest absolute Gasteiger partial charge is 0.0460 e. The van der Waals surface area contributed by atoms with Crippen LogP contribution in [-0.2, 0) is 37.5 Å². The predicted molar refractivity (Wildman–Crippen MR) is 37.1 cm³/mol. The number of nitrogens with zero attached hydrogens (tertiary/aromatic N) is 1. The van der Waals surface area contributed by atoms with Gasteiger partial charge in [-0.25, -0.2) is 0 Å². The number of hydrogen-bond donors (Lipinski definition) is 1. The third-order valence-electron chi connectivity index (χ3n) is 2.00. The molecule has 1 amide bonds. The standard InChI is InChI=1S/C7H12NO2.Y/c9-5-7-1-3-8(6-10)4-2-7;/h7,9H,1-5H2;/q-1;. The summed E-state index contributed by atoms with van der Waals surface area (Å²) in [5, 5.41) is 8.73. The monoisotopic (exact) mass is 231 g/mol. The first-order valence-electron chi connectivity index (χ1n) is 3.60. The molecular formula is C7H12NO2Y-. The second-order valence-corrected chi connectivity index (χ2v) is 2.70. The Labute approximate surface area is 92.0 Å². The van der Waals surface area contributed by atoms with Crippen molar-refractivity contribution in [2.24, 2.45) is 5.92 Å². The van der Waals surface area contributed by atoms with Crippen LogP contribution in [0.3, 0.4) is 0 Å². The van der Waals surface area contributed by atoms with Gasteiger partial charge in [-0.1, -0.05) is 0 Å². The van der Waals surface area contributed by atoms with Crippen LogP contribution in [0.1, 0.15) is 12.8 Å². The second kappa shape index (κ2) is 6.09. The molecule has 0 unspecified atom stereocenters. The molecule has 0 aromatic carbocycles. The van der Waals surface area contributed by atoms with Gasteiger partial charge in [-0.3, -0.25) is 0 Å². The van der Waals surface area contributed by atoms with E-state index in [1.54, 1.807) is 4.90 Å². The zero-order chi connectivity index (χ0) is 7.40. The molecule has 0 aliphatic carbocycles. The van der Waals surface area contributed by atoms with Crippen LogP contribution in [0.15, 0.2) is 0 Å². The Morgan fingerprint density at radius 2 is 2.00 bits per heavy atom. The maximum absolute atomic E-state index is 10.1. The van der Waals surface area contributed by atoms with E-state index in [2.05, 4.69) is 0 Å². The van der Waals surface area contributed by atoms with Gasteiger partial charge in [0.1, 0.15) is 0 Å². The van der Waals surface area contributed by atoms with E-state index in [1.807, 2.05) is 6.41 Å². The maximum Gasteiger partial charge on any atom is 0.0460 e. The number of piperidine rings is 1. The minimum atomic E-state index is 0. The van der Waals surface area contributed by atoms with E-state index in [9.17, 15) is 4.79 Å². The van der Waals surface area contributed by atoms with Gasteiger partial charge in [0, 0.05) is 39.3 Å². The molecule has 1 radical (unpaired) electrons. The summed E-state index contributed by atoms with van der Waals surface area (Å²) in [6.07, 6.45) is 3.69. The number of aliphatic hydroxyl groups excluding tert-OH is 1. The van der Waals surface area contributed by atoms with Crippen LogP contribution in [0.5, 0.6) is 0 Å². The van der Waals surface area contributed by atoms with Crippen molar-refractivity contribution >= 4 is 6.41 Å². The fraction of sp³-hybridized carbons (Fsp3) is 0.857. The Morgan fingerprint density at radius 3 is 2.36 bits per heavy atom. The van der Waals surface area contributed by atoms with Crippen LogP contribution in [0, 0.1) is 5.92 Å². The Kier molecular flexibility index (Phi) is 6.39. The van der Waals surface area contributed by atoms with Crippen LogP contribution < -0.4 is 0 Å². The summed E-state index contributed by atoms with van der Waals surface area (Å²) >= 11 is 0. The molecule has 11 heavy (non-hydrogen) atoms. The molecule has 0 saturated carbocycles. The van der Waals surface area contributed by atoms with Gasteiger partial charge >= 0.3 is 0 Å². The van der Waals surface area contributed by atoms with Crippen LogP contribution in [0.4, 0.5) is 0 Å². The van der Waals surface area contributed by atoms with Crippen LogP contribution in [0.2, 0.25) is 0 Å². The minimum absolute atomic E-state index is 0. The quantitative estimate of drug-likeness (QED) is 0.666. The number of rotatable bonds is 2. The maximum atomic E-state index is 10.1. The molecule has 3 nitrogen and oxygen atoms in total. The van der Waals surface area contributed by atoms with Gasteiger partial charge in [-0.15, -0.1) is 0 Å². The van der Waals surface area contributed by atoms with Crippen LogP contribution >= 0.6 is 0 Å². The summed E-state index contributed by atoms with van der Waals surface area (Å²) in [7, 11) is 0. The molecule has 4 heteroatoms. The fourth-order valence-corrected chi connectivity index (χ4v) is 1.21. The van der Waals surface area contributed by atoms with Crippen molar-refractivity contribution in [1.82, 2.24) is 4.90 Å². The zero-order valence-corrected chi connectivity index (χ0v) is 9.33. The van der Waals surface area contributed by atoms with Gasteiger partial charge in [-0.2, -0.15) is 6.41 Å². The first-order chi connectivity index (χ1) is 4.86. The summed E-state index contributed by atoms with van der Waals surface area (Å²) in [5.74, 6) is 0.407. The zero-order valence-electron chi connectivity index (χ0n) is 6.49. The van der Waals surface area contributed by atoms with Crippen molar-refractivity contribution in [1.29, 1.82) is 0 Å². The van der Waals surface area contributed by atoms with E-state index in [1.165, 1.54) is 0 Å². The van der Waals surface area contributed by atoms with Crippen LogP contribution in [-0.4, -0.2) is 36.1 Å². The predicted octanol–water partition coefficient (Wildman–Crippen LogP) is -0.245. The summed E-state index contributed by atoms with van der Waals surface area (Å²) in [5.41, 5.74) is 0. The largest absolute Gasteiger partial charge is 0.520 e. The molecule has 1 aliphatic rings. The van der Waals surface area contributed by atoms with Crippen molar-refractivity contribution in [3.8, 4) is 0 Å². The number of carbonyl (C=O) groups excluding carboxylic acids is 1. The third kappa shape index (κ3) is 3.63. The van der Waals surface area contributed by atoms with Gasteiger partial charge in [0.05, 0.1) is 0 Å². The van der Waals surface area contributed by atoms with Gasteiger partial charge in [0.15, 0.2) is 0 Å². The van der Waals surface area contributed by atoms with Gasteiger partial charge in [0.2, 0.25) is 0 Å². The molecule has 0 spiro atoms. The van der Waals surface area contributed by atoms with E-state index in [0.29, 0.717) is 5.92 Å². The van der Waals surface area contributed by atoms with Crippen molar-refractivity contribution in [3.05, 3.63) is 0 Å². The molecule has 0 aromatic rings. The van der Waals surface area contributed by atoms with Crippen molar-refractivity contribution < 1.29 is 42.6 Å². The number of hydrogen-bond acceptors (Lipinski definition) is 2. The second-order valence-electron chi connectivity index (χ2n) is 2.70. The molecule has 61 valence electrons. The van der Waals surface area contributed by atoms with Gasteiger partial charge < -0.3 is 14.8 Å². The molecule has 1 N–H and O–H groups in total. The summed E-state index contributed by atoms with van der Waals surface area (Å²) < 4.78 is 0. The molecule has 1 fully saturated rings. The van der Waals surface area contributed by atoms with E-state index in [0.717, 1.165) is 25.9 Å². The van der Waals surface area contributed by atoms with E-state index in [4.69, 9.17) is 5.11 Å². The van der Waals surface area contributed by atoms with Crippen LogP contribution in [0.25, 0.3) is 0 Å². The Balaban J connectivity index is 0.000001000. The average molecular weight is 231 g/mol. The SMILES string of the molecule is O=[C-]N1CCC(CO)CC1.[Y]. The van der Waals surface area contributed by atoms with Gasteiger partial charge in [-0.05, 0) is 31.8 Å². The summed E-state index contributed by atoms with van der Waals surface area (Å²) in [6, 6.07) is 0. The minimum Gasteiger partial charge on any atom is -0.520 e. The number of amides is 1. The molecule has 1 saturated heterocycles. The normalized spacial score (nSPS) is 19.2. The first-order valence-corrected chi connectivity index (χ1v) is 3.60. The Morgan fingerprint density at radius 1 is 1.45 bits per heavy atom. The van der Waals surface area contributed by atoms with Crippen molar-refractivity contribution in [3.63, 3.8) is 0 Å². The molecule has 0 aromatic heterocycles. The Hall–Kier alpha value is 0.534. The molecule has 0 bridgehead atoms. The van der Waals surface area contributed by atoms with E-state index < -0.39 is 0 Å². The summed E-state index contributed by atoms with van der Waals surface area (Å²) in [6.45, 7) is 1.77. The molecule has 1 heterocycles. The molecule has 0 atom stereocenters. The molecule has 1 aliphatic heterocycles. The Bertz CT molecular complexity index is 113. The molecule has 1 rings (SSSR count). The van der Waals surface area contributed by atoms with Crippen molar-refractivity contribution in [2.75, 3.05) is 19.7 Å². The summed E-state index contributed by atoms with van der Waals surface area (Å²) in [4.78, 5) is 11.7. The molecular weight excluding hydrogens is 219 g/mol. The topological polar surface area (TPSA) is 40.5 Å².